The zero-order valence-corrected chi connectivity index (χ0v) is 11.1. The Hall–Kier alpha value is -1.69. The number of nitrogens with zero attached hydrogens (tertiary/aromatic N) is 1. The molecule has 2 aliphatic rings. The number of rotatable bonds is 2. The Morgan fingerprint density at radius 2 is 1.84 bits per heavy atom. The molecule has 0 aromatic carbocycles. The molecule has 1 aromatic rings. The first-order valence-corrected chi connectivity index (χ1v) is 7.01. The molecule has 0 spiro atoms. The first-order valence-electron chi connectivity index (χ1n) is 6.20. The summed E-state index contributed by atoms with van der Waals surface area (Å²) in [6.07, 6.45) is 1.51. The van der Waals surface area contributed by atoms with Gasteiger partial charge in [0.2, 0.25) is 11.8 Å². The van der Waals surface area contributed by atoms with Crippen LogP contribution in [0.25, 0.3) is 0 Å². The van der Waals surface area contributed by atoms with E-state index in [9.17, 15) is 14.4 Å². The zero-order valence-electron chi connectivity index (χ0n) is 10.3. The van der Waals surface area contributed by atoms with Crippen molar-refractivity contribution in [2.45, 2.75) is 19.8 Å². The van der Waals surface area contributed by atoms with Gasteiger partial charge in [-0.25, -0.2) is 9.69 Å². The smallest absolute Gasteiger partial charge is 0.345 e. The quantitative estimate of drug-likeness (QED) is 0.840. The Labute approximate surface area is 113 Å². The molecule has 1 N–H and O–H groups in total. The number of aromatic carboxylic acids is 1. The van der Waals surface area contributed by atoms with Crippen molar-refractivity contribution in [1.82, 2.24) is 0 Å². The summed E-state index contributed by atoms with van der Waals surface area (Å²) in [6.45, 7) is 2.05. The van der Waals surface area contributed by atoms with Gasteiger partial charge >= 0.3 is 5.97 Å². The van der Waals surface area contributed by atoms with Gasteiger partial charge in [-0.15, -0.1) is 11.3 Å². The zero-order chi connectivity index (χ0) is 13.7. The highest BCUT2D eigenvalue weighted by atomic mass is 32.1. The summed E-state index contributed by atoms with van der Waals surface area (Å²) in [5.41, 5.74) is 0. The molecule has 2 atom stereocenters. The molecule has 1 aliphatic carbocycles. The maximum Gasteiger partial charge on any atom is 0.345 e. The minimum Gasteiger partial charge on any atom is -0.477 e. The summed E-state index contributed by atoms with van der Waals surface area (Å²) in [7, 11) is 0. The summed E-state index contributed by atoms with van der Waals surface area (Å²) in [5.74, 6) is -1.39. The van der Waals surface area contributed by atoms with Crippen LogP contribution in [0, 0.1) is 17.8 Å². The number of carboxylic acid groups (broad SMARTS) is 1. The van der Waals surface area contributed by atoms with Crippen LogP contribution in [0.1, 0.15) is 29.4 Å². The third-order valence-electron chi connectivity index (χ3n) is 3.90. The van der Waals surface area contributed by atoms with Gasteiger partial charge in [0.05, 0.1) is 11.8 Å². The van der Waals surface area contributed by atoms with E-state index in [0.29, 0.717) is 10.9 Å². The lowest BCUT2D eigenvalue weighted by Crippen LogP contribution is -2.31. The summed E-state index contributed by atoms with van der Waals surface area (Å²) in [6, 6.07) is 2.97. The number of fused-ring (bicyclic) bond motifs is 1. The molecule has 0 bridgehead atoms. The second kappa shape index (κ2) is 4.16. The van der Waals surface area contributed by atoms with Gasteiger partial charge in [-0.05, 0) is 30.9 Å². The molecule has 1 aliphatic heterocycles. The summed E-state index contributed by atoms with van der Waals surface area (Å²) in [5, 5.41) is 9.32. The topological polar surface area (TPSA) is 74.7 Å². The van der Waals surface area contributed by atoms with E-state index < -0.39 is 5.97 Å². The maximum atomic E-state index is 12.3. The van der Waals surface area contributed by atoms with Crippen molar-refractivity contribution < 1.29 is 19.5 Å². The molecule has 0 radical (unpaired) electrons. The molecule has 1 saturated carbocycles. The van der Waals surface area contributed by atoms with E-state index in [2.05, 4.69) is 6.92 Å². The van der Waals surface area contributed by atoms with E-state index in [1.165, 1.54) is 17.0 Å². The highest BCUT2D eigenvalue weighted by molar-refractivity contribution is 7.18. The van der Waals surface area contributed by atoms with Crippen LogP contribution < -0.4 is 4.90 Å². The van der Waals surface area contributed by atoms with Crippen molar-refractivity contribution in [2.24, 2.45) is 17.8 Å². The van der Waals surface area contributed by atoms with Crippen LogP contribution >= 0.6 is 11.3 Å². The number of thiophene rings is 1. The Morgan fingerprint density at radius 1 is 1.26 bits per heavy atom. The lowest BCUT2D eigenvalue weighted by molar-refractivity contribution is -0.122. The van der Waals surface area contributed by atoms with Gasteiger partial charge in [-0.2, -0.15) is 0 Å². The molecule has 3 rings (SSSR count). The maximum absolute atomic E-state index is 12.3. The number of amides is 2. The highest BCUT2D eigenvalue weighted by Gasteiger charge is 2.52. The average molecular weight is 279 g/mol. The fourth-order valence-corrected chi connectivity index (χ4v) is 3.91. The predicted octanol–water partition coefficient (Wildman–Crippen LogP) is 1.98. The van der Waals surface area contributed by atoms with Crippen LogP contribution in [0.15, 0.2) is 12.1 Å². The van der Waals surface area contributed by atoms with Crippen molar-refractivity contribution in [3.05, 3.63) is 17.0 Å². The van der Waals surface area contributed by atoms with E-state index >= 15 is 0 Å². The molecule has 1 aromatic heterocycles. The standard InChI is InChI=1S/C13H13NO4S/c1-6-4-7-8(5-6)12(16)14(11(7)15)10-3-2-9(19-10)13(17)18/h2-3,6-8H,4-5H2,1H3,(H,17,18). The third-order valence-corrected chi connectivity index (χ3v) is 4.95. The minimum absolute atomic E-state index is 0.140. The van der Waals surface area contributed by atoms with Gasteiger partial charge in [0.25, 0.3) is 0 Å². The second-order valence-electron chi connectivity index (χ2n) is 5.24. The van der Waals surface area contributed by atoms with Gasteiger partial charge in [-0.1, -0.05) is 6.92 Å². The lowest BCUT2D eigenvalue weighted by Gasteiger charge is -2.14. The first-order chi connectivity index (χ1) is 8.99. The van der Waals surface area contributed by atoms with Crippen molar-refractivity contribution in [2.75, 3.05) is 4.90 Å². The van der Waals surface area contributed by atoms with Crippen LogP contribution in [0.3, 0.4) is 0 Å². The van der Waals surface area contributed by atoms with Crippen molar-refractivity contribution in [1.29, 1.82) is 0 Å². The number of hydrogen-bond acceptors (Lipinski definition) is 4. The second-order valence-corrected chi connectivity index (χ2v) is 6.31. The largest absolute Gasteiger partial charge is 0.477 e. The van der Waals surface area contributed by atoms with Crippen LogP contribution in [0.4, 0.5) is 5.00 Å². The van der Waals surface area contributed by atoms with Crippen LogP contribution in [0.5, 0.6) is 0 Å². The van der Waals surface area contributed by atoms with E-state index in [1.54, 1.807) is 0 Å². The normalized spacial score (nSPS) is 29.9. The summed E-state index contributed by atoms with van der Waals surface area (Å²) < 4.78 is 0. The Bertz CT molecular complexity index is 555. The molecule has 5 nitrogen and oxygen atoms in total. The lowest BCUT2D eigenvalue weighted by atomic mass is 10.00. The molecule has 19 heavy (non-hydrogen) atoms. The van der Waals surface area contributed by atoms with E-state index in [4.69, 9.17) is 5.11 Å². The molecule has 2 fully saturated rings. The highest BCUT2D eigenvalue weighted by Crippen LogP contribution is 2.45. The average Bonchev–Trinajstić information content (AvgIpc) is 2.99. The molecule has 2 heterocycles. The Morgan fingerprint density at radius 3 is 2.32 bits per heavy atom. The van der Waals surface area contributed by atoms with Gasteiger partial charge in [0.15, 0.2) is 0 Å². The monoisotopic (exact) mass is 279 g/mol. The van der Waals surface area contributed by atoms with Crippen molar-refractivity contribution >= 4 is 34.1 Å². The van der Waals surface area contributed by atoms with Crippen LogP contribution in [-0.4, -0.2) is 22.9 Å². The van der Waals surface area contributed by atoms with E-state index in [1.807, 2.05) is 0 Å². The molecule has 1 saturated heterocycles. The molecular formula is C13H13NO4S. The number of imide groups is 1. The molecule has 2 amide bonds. The van der Waals surface area contributed by atoms with E-state index in [-0.39, 0.29) is 28.5 Å². The predicted molar refractivity (Wildman–Crippen MR) is 69.1 cm³/mol. The Kier molecular flexibility index (Phi) is 2.70. The van der Waals surface area contributed by atoms with E-state index in [0.717, 1.165) is 24.2 Å². The fraction of sp³-hybridized carbons (Fsp3) is 0.462. The minimum atomic E-state index is -1.04. The summed E-state index contributed by atoms with van der Waals surface area (Å²) >= 11 is 0.970. The van der Waals surface area contributed by atoms with Crippen LogP contribution in [0.2, 0.25) is 0 Å². The third kappa shape index (κ3) is 1.78. The SMILES string of the molecule is CC1CC2C(=O)N(c3ccc(C(=O)O)s3)C(=O)C2C1. The number of carbonyl (C=O) groups is 3. The number of hydrogen-bond donors (Lipinski definition) is 1. The van der Waals surface area contributed by atoms with Crippen molar-refractivity contribution in [3.8, 4) is 0 Å². The van der Waals surface area contributed by atoms with Gasteiger partial charge in [0, 0.05) is 0 Å². The van der Waals surface area contributed by atoms with Gasteiger partial charge < -0.3 is 5.11 Å². The fourth-order valence-electron chi connectivity index (χ4n) is 3.06. The summed E-state index contributed by atoms with van der Waals surface area (Å²) in [4.78, 5) is 36.7. The number of carbonyl (C=O) groups excluding carboxylic acids is 2. The number of carboxylic acids is 1. The molecule has 2 unspecified atom stereocenters. The Balaban J connectivity index is 1.92. The molecule has 6 heteroatoms. The molecule has 100 valence electrons. The van der Waals surface area contributed by atoms with Gasteiger partial charge in [-0.3, -0.25) is 9.59 Å². The van der Waals surface area contributed by atoms with Crippen LogP contribution in [-0.2, 0) is 9.59 Å². The van der Waals surface area contributed by atoms with Crippen molar-refractivity contribution in [3.63, 3.8) is 0 Å². The molecular weight excluding hydrogens is 266 g/mol. The first kappa shape index (κ1) is 12.3. The number of anilines is 1. The van der Waals surface area contributed by atoms with Gasteiger partial charge in [0.1, 0.15) is 9.88 Å².